The Hall–Kier alpha value is -2.11. The number of rotatable bonds is 6. The van der Waals surface area contributed by atoms with Crippen LogP contribution in [0.1, 0.15) is 45.6 Å². The van der Waals surface area contributed by atoms with Gasteiger partial charge in [-0.25, -0.2) is 0 Å². The number of benzene rings is 1. The second-order valence-corrected chi connectivity index (χ2v) is 5.89. The quantitative estimate of drug-likeness (QED) is 0.478. The Morgan fingerprint density at radius 2 is 2.05 bits per heavy atom. The van der Waals surface area contributed by atoms with Crippen LogP contribution in [0.5, 0.6) is 0 Å². The van der Waals surface area contributed by atoms with Crippen molar-refractivity contribution in [3.05, 3.63) is 27.8 Å². The molecular weight excluding hydrogens is 270 g/mol. The molecule has 6 heteroatoms. The maximum atomic E-state index is 11.9. The van der Waals surface area contributed by atoms with Gasteiger partial charge in [0.25, 0.3) is 5.69 Å². The molecule has 2 N–H and O–H groups in total. The molecule has 0 saturated heterocycles. The Morgan fingerprint density at radius 3 is 2.67 bits per heavy atom. The lowest BCUT2D eigenvalue weighted by Gasteiger charge is -2.16. The normalized spacial score (nSPS) is 15.5. The number of carbonyl (C=O) groups excluding carboxylic acids is 1. The summed E-state index contributed by atoms with van der Waals surface area (Å²) in [6, 6.07) is 3.18. The molecule has 0 spiro atoms. The maximum Gasteiger partial charge on any atom is 0.294 e. The van der Waals surface area contributed by atoms with Crippen LogP contribution in [0.25, 0.3) is 0 Å². The Balaban J connectivity index is 2.33. The number of nitro benzene ring substituents is 1. The average molecular weight is 291 g/mol. The minimum absolute atomic E-state index is 0.00301. The lowest BCUT2D eigenvalue weighted by Crippen LogP contribution is -2.26. The van der Waals surface area contributed by atoms with E-state index in [1.807, 2.05) is 13.8 Å². The standard InChI is InChI=1S/C15H21N3O3/c1-4-5-6-7-16-12-8-10-11(9-13(12)18(20)21)17-14(19)15(10,2)3/h8-9,16H,4-7H2,1-3H3,(H,17,19). The van der Waals surface area contributed by atoms with Gasteiger partial charge in [0, 0.05) is 12.6 Å². The van der Waals surface area contributed by atoms with Gasteiger partial charge in [0.1, 0.15) is 5.69 Å². The Bertz CT molecular complexity index is 582. The van der Waals surface area contributed by atoms with Crippen LogP contribution >= 0.6 is 0 Å². The highest BCUT2D eigenvalue weighted by Crippen LogP contribution is 2.42. The number of fused-ring (bicyclic) bond motifs is 1. The summed E-state index contributed by atoms with van der Waals surface area (Å²) in [6.07, 6.45) is 3.14. The van der Waals surface area contributed by atoms with E-state index in [0.29, 0.717) is 17.9 Å². The molecule has 0 aliphatic carbocycles. The number of nitrogens with one attached hydrogen (secondary N) is 2. The molecule has 0 unspecified atom stereocenters. The molecule has 0 atom stereocenters. The summed E-state index contributed by atoms with van der Waals surface area (Å²) in [4.78, 5) is 22.7. The number of nitrogens with zero attached hydrogens (tertiary/aromatic N) is 1. The van der Waals surface area contributed by atoms with Crippen molar-refractivity contribution in [3.63, 3.8) is 0 Å². The van der Waals surface area contributed by atoms with Crippen molar-refractivity contribution in [2.45, 2.75) is 45.4 Å². The van der Waals surface area contributed by atoms with Crippen LogP contribution in [0.3, 0.4) is 0 Å². The second-order valence-electron chi connectivity index (χ2n) is 5.89. The van der Waals surface area contributed by atoms with Crippen molar-refractivity contribution in [1.82, 2.24) is 0 Å². The molecule has 1 aliphatic rings. The maximum absolute atomic E-state index is 11.9. The van der Waals surface area contributed by atoms with Gasteiger partial charge in [0.2, 0.25) is 5.91 Å². The van der Waals surface area contributed by atoms with E-state index in [-0.39, 0.29) is 11.6 Å². The van der Waals surface area contributed by atoms with E-state index in [1.54, 1.807) is 6.07 Å². The molecule has 0 aromatic heterocycles. The minimum Gasteiger partial charge on any atom is -0.379 e. The van der Waals surface area contributed by atoms with Gasteiger partial charge in [-0.05, 0) is 31.9 Å². The number of anilines is 2. The van der Waals surface area contributed by atoms with Gasteiger partial charge >= 0.3 is 0 Å². The first-order valence-electron chi connectivity index (χ1n) is 7.26. The van der Waals surface area contributed by atoms with E-state index in [9.17, 15) is 14.9 Å². The first kappa shape index (κ1) is 15.3. The predicted molar refractivity (Wildman–Crippen MR) is 82.8 cm³/mol. The Morgan fingerprint density at radius 1 is 1.33 bits per heavy atom. The van der Waals surface area contributed by atoms with Crippen LogP contribution in [0.15, 0.2) is 12.1 Å². The lowest BCUT2D eigenvalue weighted by atomic mass is 9.86. The molecule has 2 rings (SSSR count). The van der Waals surface area contributed by atoms with E-state index in [2.05, 4.69) is 17.6 Å². The van der Waals surface area contributed by atoms with E-state index in [4.69, 9.17) is 0 Å². The van der Waals surface area contributed by atoms with Gasteiger partial charge in [-0.3, -0.25) is 14.9 Å². The van der Waals surface area contributed by atoms with E-state index < -0.39 is 10.3 Å². The van der Waals surface area contributed by atoms with Crippen LogP contribution in [-0.2, 0) is 10.2 Å². The van der Waals surface area contributed by atoms with Crippen LogP contribution in [-0.4, -0.2) is 17.4 Å². The fourth-order valence-electron chi connectivity index (χ4n) is 2.50. The zero-order valence-corrected chi connectivity index (χ0v) is 12.7. The molecule has 1 heterocycles. The number of unbranched alkanes of at least 4 members (excludes halogenated alkanes) is 2. The zero-order valence-electron chi connectivity index (χ0n) is 12.7. The van der Waals surface area contributed by atoms with E-state index in [1.165, 1.54) is 6.07 Å². The third-order valence-corrected chi connectivity index (χ3v) is 3.92. The topological polar surface area (TPSA) is 84.3 Å². The third-order valence-electron chi connectivity index (χ3n) is 3.92. The summed E-state index contributed by atoms with van der Waals surface area (Å²) in [5.74, 6) is -0.130. The summed E-state index contributed by atoms with van der Waals surface area (Å²) < 4.78 is 0. The number of nitro groups is 1. The first-order chi connectivity index (χ1) is 9.87. The van der Waals surface area contributed by atoms with Crippen LogP contribution in [0.4, 0.5) is 17.1 Å². The monoisotopic (exact) mass is 291 g/mol. The molecule has 1 amide bonds. The molecule has 0 saturated carbocycles. The van der Waals surface area contributed by atoms with Gasteiger partial charge in [0.05, 0.1) is 16.0 Å². The van der Waals surface area contributed by atoms with Gasteiger partial charge < -0.3 is 10.6 Å². The summed E-state index contributed by atoms with van der Waals surface area (Å²) in [7, 11) is 0. The number of amides is 1. The third kappa shape index (κ3) is 2.84. The first-order valence-corrected chi connectivity index (χ1v) is 7.26. The van der Waals surface area contributed by atoms with Crippen LogP contribution in [0, 0.1) is 10.1 Å². The predicted octanol–water partition coefficient (Wildman–Crippen LogP) is 3.43. The minimum atomic E-state index is -0.662. The molecule has 6 nitrogen and oxygen atoms in total. The SMILES string of the molecule is CCCCCNc1cc2c(cc1[N+](=O)[O-])NC(=O)C2(C)C. The summed E-state index contributed by atoms with van der Waals surface area (Å²) in [5, 5.41) is 17.1. The van der Waals surface area contributed by atoms with Crippen LogP contribution in [0.2, 0.25) is 0 Å². The molecule has 1 aromatic rings. The van der Waals surface area contributed by atoms with Gasteiger partial charge in [-0.2, -0.15) is 0 Å². The Labute approximate surface area is 124 Å². The van der Waals surface area contributed by atoms with E-state index in [0.717, 1.165) is 24.8 Å². The van der Waals surface area contributed by atoms with E-state index >= 15 is 0 Å². The molecule has 1 aliphatic heterocycles. The Kier molecular flexibility index (Phi) is 4.16. The van der Waals surface area contributed by atoms with Gasteiger partial charge in [-0.1, -0.05) is 19.8 Å². The average Bonchev–Trinajstić information content (AvgIpc) is 2.64. The van der Waals surface area contributed by atoms with Crippen molar-refractivity contribution in [2.75, 3.05) is 17.2 Å². The van der Waals surface area contributed by atoms with Gasteiger partial charge in [0.15, 0.2) is 0 Å². The number of hydrogen-bond donors (Lipinski definition) is 2. The molecule has 0 bridgehead atoms. The highest BCUT2D eigenvalue weighted by Gasteiger charge is 2.40. The second kappa shape index (κ2) is 5.71. The fraction of sp³-hybridized carbons (Fsp3) is 0.533. The molecule has 0 radical (unpaired) electrons. The van der Waals surface area contributed by atoms with Crippen molar-refractivity contribution in [1.29, 1.82) is 0 Å². The fourth-order valence-corrected chi connectivity index (χ4v) is 2.50. The molecule has 114 valence electrons. The highest BCUT2D eigenvalue weighted by atomic mass is 16.6. The molecule has 1 aromatic carbocycles. The molecule has 0 fully saturated rings. The van der Waals surface area contributed by atoms with Gasteiger partial charge in [-0.15, -0.1) is 0 Å². The van der Waals surface area contributed by atoms with Crippen molar-refractivity contribution < 1.29 is 9.72 Å². The van der Waals surface area contributed by atoms with Crippen LogP contribution < -0.4 is 10.6 Å². The smallest absolute Gasteiger partial charge is 0.294 e. The molecule has 21 heavy (non-hydrogen) atoms. The van der Waals surface area contributed by atoms with Crippen molar-refractivity contribution in [3.8, 4) is 0 Å². The number of hydrogen-bond acceptors (Lipinski definition) is 4. The number of carbonyl (C=O) groups is 1. The largest absolute Gasteiger partial charge is 0.379 e. The van der Waals surface area contributed by atoms with Crippen molar-refractivity contribution >= 4 is 23.0 Å². The highest BCUT2D eigenvalue weighted by molar-refractivity contribution is 6.06. The molecular formula is C15H21N3O3. The lowest BCUT2D eigenvalue weighted by molar-refractivity contribution is -0.383. The zero-order chi connectivity index (χ0) is 15.6. The summed E-state index contributed by atoms with van der Waals surface area (Å²) in [6.45, 7) is 6.44. The van der Waals surface area contributed by atoms with Crippen molar-refractivity contribution in [2.24, 2.45) is 0 Å². The summed E-state index contributed by atoms with van der Waals surface area (Å²) in [5.41, 5.74) is 1.17. The summed E-state index contributed by atoms with van der Waals surface area (Å²) >= 11 is 0.